The Bertz CT molecular complexity index is 945. The van der Waals surface area contributed by atoms with Gasteiger partial charge in [0.25, 0.3) is 5.91 Å². The first kappa shape index (κ1) is 21.4. The monoisotopic (exact) mass is 420 g/mol. The highest BCUT2D eigenvalue weighted by molar-refractivity contribution is 6.21. The van der Waals surface area contributed by atoms with Crippen molar-refractivity contribution in [2.45, 2.75) is 70.4 Å². The van der Waals surface area contributed by atoms with Gasteiger partial charge in [-0.1, -0.05) is 68.5 Å². The van der Waals surface area contributed by atoms with E-state index in [4.69, 9.17) is 4.74 Å². The third-order valence-electron chi connectivity index (χ3n) is 6.20. The molecule has 2 aliphatic rings. The number of carbonyl (C=O) groups excluding carboxylic acids is 2. The van der Waals surface area contributed by atoms with Crippen molar-refractivity contribution in [3.05, 3.63) is 60.2 Å². The highest BCUT2D eigenvalue weighted by Gasteiger charge is 2.54. The molecule has 1 N–H and O–H groups in total. The standard InChI is InChI=1S/C26H32N2O3/c1-25(2,3)31-24(30)28-22-17-11-10-16-21(22)26(23(28)29,18-19-12-6-4-7-13-19)27-20-14-8-5-9-15-20/h5,8-11,14-17,19,27H,4,6-7,12-13,18H2,1-3H3/t26-/m1/s1. The lowest BCUT2D eigenvalue weighted by atomic mass is 9.76. The molecule has 1 heterocycles. The topological polar surface area (TPSA) is 58.6 Å². The van der Waals surface area contributed by atoms with Crippen molar-refractivity contribution in [2.24, 2.45) is 5.92 Å². The summed E-state index contributed by atoms with van der Waals surface area (Å²) in [7, 11) is 0. The number of hydrogen-bond acceptors (Lipinski definition) is 4. The van der Waals surface area contributed by atoms with E-state index in [9.17, 15) is 9.59 Å². The zero-order chi connectivity index (χ0) is 22.1. The number of anilines is 2. The Kier molecular flexibility index (Phi) is 5.78. The predicted molar refractivity (Wildman–Crippen MR) is 123 cm³/mol. The summed E-state index contributed by atoms with van der Waals surface area (Å²) < 4.78 is 5.62. The molecular formula is C26H32N2O3. The number of carbonyl (C=O) groups is 2. The lowest BCUT2D eigenvalue weighted by molar-refractivity contribution is -0.122. The second kappa shape index (κ2) is 8.37. The molecular weight excluding hydrogens is 388 g/mol. The van der Waals surface area contributed by atoms with Gasteiger partial charge in [0.15, 0.2) is 0 Å². The van der Waals surface area contributed by atoms with E-state index >= 15 is 0 Å². The molecule has 1 aliphatic carbocycles. The number of nitrogens with one attached hydrogen (secondary N) is 1. The SMILES string of the molecule is CC(C)(C)OC(=O)N1C(=O)[C@](CC2CCCCC2)(Nc2ccccc2)c2ccccc21. The summed E-state index contributed by atoms with van der Waals surface area (Å²) in [6.07, 6.45) is 5.90. The van der Waals surface area contributed by atoms with Gasteiger partial charge in [-0.15, -0.1) is 0 Å². The summed E-state index contributed by atoms with van der Waals surface area (Å²) in [5.74, 6) is 0.179. The lowest BCUT2D eigenvalue weighted by Crippen LogP contribution is -2.50. The number of nitrogens with zero attached hydrogens (tertiary/aromatic N) is 1. The molecule has 0 aromatic heterocycles. The number of imide groups is 1. The van der Waals surface area contributed by atoms with Crippen LogP contribution in [0.25, 0.3) is 0 Å². The summed E-state index contributed by atoms with van der Waals surface area (Å²) in [4.78, 5) is 28.4. The van der Waals surface area contributed by atoms with Crippen LogP contribution in [0.5, 0.6) is 0 Å². The Morgan fingerprint density at radius 2 is 1.68 bits per heavy atom. The van der Waals surface area contributed by atoms with E-state index in [1.54, 1.807) is 0 Å². The number of fused-ring (bicyclic) bond motifs is 1. The van der Waals surface area contributed by atoms with Crippen molar-refractivity contribution < 1.29 is 14.3 Å². The maximum absolute atomic E-state index is 14.1. The largest absolute Gasteiger partial charge is 0.443 e. The first-order valence-electron chi connectivity index (χ1n) is 11.3. The normalized spacial score (nSPS) is 21.6. The second-order valence-electron chi connectivity index (χ2n) is 9.74. The molecule has 1 fully saturated rings. The average molecular weight is 421 g/mol. The molecule has 1 saturated carbocycles. The fourth-order valence-corrected chi connectivity index (χ4v) is 4.90. The lowest BCUT2D eigenvalue weighted by Gasteiger charge is -2.35. The van der Waals surface area contributed by atoms with Gasteiger partial charge >= 0.3 is 6.09 Å². The molecule has 0 unspecified atom stereocenters. The van der Waals surface area contributed by atoms with E-state index in [0.717, 1.165) is 24.1 Å². The first-order valence-corrected chi connectivity index (χ1v) is 11.3. The average Bonchev–Trinajstić information content (AvgIpc) is 2.96. The van der Waals surface area contributed by atoms with Crippen molar-refractivity contribution in [1.82, 2.24) is 0 Å². The summed E-state index contributed by atoms with van der Waals surface area (Å²) in [5.41, 5.74) is 0.652. The van der Waals surface area contributed by atoms with Crippen LogP contribution >= 0.6 is 0 Å². The van der Waals surface area contributed by atoms with Crippen LogP contribution in [0.2, 0.25) is 0 Å². The predicted octanol–water partition coefficient (Wildman–Crippen LogP) is 6.25. The molecule has 5 heteroatoms. The van der Waals surface area contributed by atoms with Crippen molar-refractivity contribution >= 4 is 23.4 Å². The van der Waals surface area contributed by atoms with Gasteiger partial charge in [0.05, 0.1) is 5.69 Å². The van der Waals surface area contributed by atoms with Crippen LogP contribution in [0.1, 0.15) is 64.9 Å². The first-order chi connectivity index (χ1) is 14.8. The van der Waals surface area contributed by atoms with Crippen molar-refractivity contribution in [3.63, 3.8) is 0 Å². The molecule has 164 valence electrons. The Labute approximate surface area is 184 Å². The molecule has 2 aromatic carbocycles. The molecule has 2 aromatic rings. The van der Waals surface area contributed by atoms with Gasteiger partial charge in [-0.25, -0.2) is 9.69 Å². The van der Waals surface area contributed by atoms with Gasteiger partial charge in [-0.3, -0.25) is 4.79 Å². The summed E-state index contributed by atoms with van der Waals surface area (Å²) >= 11 is 0. The zero-order valence-electron chi connectivity index (χ0n) is 18.7. The van der Waals surface area contributed by atoms with Crippen LogP contribution < -0.4 is 10.2 Å². The van der Waals surface area contributed by atoms with E-state index < -0.39 is 17.2 Å². The van der Waals surface area contributed by atoms with Crippen molar-refractivity contribution in [2.75, 3.05) is 10.2 Å². The van der Waals surface area contributed by atoms with Crippen molar-refractivity contribution in [3.8, 4) is 0 Å². The van der Waals surface area contributed by atoms with E-state index in [2.05, 4.69) is 5.32 Å². The van der Waals surface area contributed by atoms with E-state index in [1.807, 2.05) is 75.4 Å². The Balaban J connectivity index is 1.79. The Morgan fingerprint density at radius 3 is 2.35 bits per heavy atom. The molecule has 1 aliphatic heterocycles. The maximum Gasteiger partial charge on any atom is 0.421 e. The second-order valence-corrected chi connectivity index (χ2v) is 9.74. The molecule has 0 spiro atoms. The number of amides is 2. The highest BCUT2D eigenvalue weighted by atomic mass is 16.6. The van der Waals surface area contributed by atoms with E-state index in [0.29, 0.717) is 18.0 Å². The van der Waals surface area contributed by atoms with Crippen LogP contribution in [0.3, 0.4) is 0 Å². The molecule has 5 nitrogen and oxygen atoms in total. The third kappa shape index (κ3) is 4.32. The molecule has 0 bridgehead atoms. The van der Waals surface area contributed by atoms with Crippen LogP contribution in [0.4, 0.5) is 16.2 Å². The van der Waals surface area contributed by atoms with E-state index in [-0.39, 0.29) is 5.91 Å². The van der Waals surface area contributed by atoms with Gasteiger partial charge in [0, 0.05) is 11.3 Å². The van der Waals surface area contributed by atoms with Crippen LogP contribution in [0, 0.1) is 5.92 Å². The minimum absolute atomic E-state index is 0.252. The van der Waals surface area contributed by atoms with Gasteiger partial charge in [0.2, 0.25) is 0 Å². The summed E-state index contributed by atoms with van der Waals surface area (Å²) in [6.45, 7) is 5.44. The quantitative estimate of drug-likeness (QED) is 0.635. The van der Waals surface area contributed by atoms with Crippen LogP contribution in [0.15, 0.2) is 54.6 Å². The molecule has 1 atom stereocenters. The van der Waals surface area contributed by atoms with Gasteiger partial charge < -0.3 is 10.1 Å². The zero-order valence-corrected chi connectivity index (χ0v) is 18.7. The minimum Gasteiger partial charge on any atom is -0.443 e. The molecule has 2 amide bonds. The fraction of sp³-hybridized carbons (Fsp3) is 0.462. The number of rotatable bonds is 4. The molecule has 0 radical (unpaired) electrons. The van der Waals surface area contributed by atoms with Crippen LogP contribution in [-0.2, 0) is 15.1 Å². The summed E-state index contributed by atoms with van der Waals surface area (Å²) in [5, 5.41) is 3.56. The van der Waals surface area contributed by atoms with E-state index in [1.165, 1.54) is 24.2 Å². The molecule has 4 rings (SSSR count). The number of para-hydroxylation sites is 2. The summed E-state index contributed by atoms with van der Waals surface area (Å²) in [6, 6.07) is 17.4. The van der Waals surface area contributed by atoms with Crippen LogP contribution in [-0.4, -0.2) is 17.6 Å². The number of hydrogen-bond donors (Lipinski definition) is 1. The smallest absolute Gasteiger partial charge is 0.421 e. The highest BCUT2D eigenvalue weighted by Crippen LogP contribution is 2.48. The van der Waals surface area contributed by atoms with Gasteiger partial charge in [0.1, 0.15) is 11.1 Å². The van der Waals surface area contributed by atoms with Crippen molar-refractivity contribution in [1.29, 1.82) is 0 Å². The third-order valence-corrected chi connectivity index (χ3v) is 6.20. The maximum atomic E-state index is 14.1. The molecule has 31 heavy (non-hydrogen) atoms. The Hall–Kier alpha value is -2.82. The van der Waals surface area contributed by atoms with Gasteiger partial charge in [-0.05, 0) is 51.3 Å². The number of benzene rings is 2. The number of ether oxygens (including phenoxy) is 1. The minimum atomic E-state index is -0.989. The Morgan fingerprint density at radius 1 is 1.03 bits per heavy atom. The fourth-order valence-electron chi connectivity index (χ4n) is 4.90. The van der Waals surface area contributed by atoms with Gasteiger partial charge in [-0.2, -0.15) is 0 Å². The molecule has 0 saturated heterocycles.